The molecule has 14 heavy (non-hydrogen) atoms. The summed E-state index contributed by atoms with van der Waals surface area (Å²) in [4.78, 5) is 12.2. The van der Waals surface area contributed by atoms with Gasteiger partial charge in [-0.3, -0.25) is 4.79 Å². The van der Waals surface area contributed by atoms with E-state index < -0.39 is 0 Å². The zero-order valence-corrected chi connectivity index (χ0v) is 9.70. The molecule has 0 unspecified atom stereocenters. The molecule has 74 valence electrons. The molecule has 5 saturated carbocycles. The van der Waals surface area contributed by atoms with Gasteiger partial charge in [0.05, 0.1) is 0 Å². The van der Waals surface area contributed by atoms with Crippen molar-refractivity contribution in [2.45, 2.75) is 17.7 Å². The highest BCUT2D eigenvalue weighted by molar-refractivity contribution is 9.10. The fraction of sp³-hybridized carbons (Fsp3) is 0.917. The van der Waals surface area contributed by atoms with Gasteiger partial charge < -0.3 is 0 Å². The Balaban J connectivity index is 1.87. The van der Waals surface area contributed by atoms with Crippen LogP contribution in [0.4, 0.5) is 0 Å². The summed E-state index contributed by atoms with van der Waals surface area (Å²) in [5.41, 5.74) is 0. The maximum Gasteiger partial charge on any atom is 0.140 e. The lowest BCUT2D eigenvalue weighted by Crippen LogP contribution is -2.53. The Kier molecular flexibility index (Phi) is 0.883. The van der Waals surface area contributed by atoms with E-state index in [9.17, 15) is 4.79 Å². The van der Waals surface area contributed by atoms with Gasteiger partial charge in [-0.2, -0.15) is 0 Å². The third-order valence-electron chi connectivity index (χ3n) is 6.46. The molecular weight excluding hydrogens is 240 g/mol. The molecule has 0 aliphatic heterocycles. The highest BCUT2D eigenvalue weighted by Gasteiger charge is 2.86. The first kappa shape index (κ1) is 7.43. The summed E-state index contributed by atoms with van der Waals surface area (Å²) < 4.78 is 0.327. The van der Waals surface area contributed by atoms with Gasteiger partial charge in [-0.1, -0.05) is 15.9 Å². The van der Waals surface area contributed by atoms with E-state index in [1.807, 2.05) is 0 Å². The number of carbonyl (C=O) groups is 1. The van der Waals surface area contributed by atoms with E-state index in [0.29, 0.717) is 27.9 Å². The number of hydrogen-bond acceptors (Lipinski definition) is 1. The lowest BCUT2D eigenvalue weighted by atomic mass is 9.57. The fourth-order valence-electron chi connectivity index (χ4n) is 6.54. The molecule has 0 radical (unpaired) electrons. The number of fused-ring (bicyclic) bond motifs is 2. The van der Waals surface area contributed by atoms with Gasteiger partial charge in [0.25, 0.3) is 0 Å². The molecule has 0 N–H and O–H groups in total. The van der Waals surface area contributed by atoms with Crippen LogP contribution in [0.1, 0.15) is 13.3 Å². The Bertz CT molecular complexity index is 388. The normalized spacial score (nSPS) is 80.3. The van der Waals surface area contributed by atoms with E-state index in [4.69, 9.17) is 0 Å². The average Bonchev–Trinajstić information content (AvgIpc) is 2.52. The molecule has 0 spiro atoms. The molecular formula is C12H13BrO. The summed E-state index contributed by atoms with van der Waals surface area (Å²) >= 11 is 3.97. The van der Waals surface area contributed by atoms with E-state index >= 15 is 0 Å². The van der Waals surface area contributed by atoms with E-state index in [-0.39, 0.29) is 0 Å². The second kappa shape index (κ2) is 1.66. The van der Waals surface area contributed by atoms with E-state index in [1.165, 1.54) is 6.42 Å². The van der Waals surface area contributed by atoms with Gasteiger partial charge in [0, 0.05) is 16.2 Å². The zero-order chi connectivity index (χ0) is 9.40. The van der Waals surface area contributed by atoms with E-state index in [2.05, 4.69) is 22.9 Å². The third-order valence-corrected chi connectivity index (χ3v) is 7.52. The summed E-state index contributed by atoms with van der Waals surface area (Å²) in [6.45, 7) is 2.37. The SMILES string of the molecule is C[C@]1(Br)[C@@H]2[C@@H]3C[C@@H]4[C@@H]2C(=O)[C@@H]2[C@@H]4[C@@H]3[C@@H]21. The van der Waals surface area contributed by atoms with Gasteiger partial charge >= 0.3 is 0 Å². The molecule has 2 heteroatoms. The van der Waals surface area contributed by atoms with Crippen LogP contribution >= 0.6 is 15.9 Å². The summed E-state index contributed by atoms with van der Waals surface area (Å²) in [6.07, 6.45) is 1.39. The third kappa shape index (κ3) is 0.417. The molecule has 1 nitrogen and oxygen atoms in total. The van der Waals surface area contributed by atoms with Crippen LogP contribution in [0.25, 0.3) is 0 Å². The first-order valence-electron chi connectivity index (χ1n) is 5.86. The number of carbonyl (C=O) groups excluding carboxylic acids is 1. The van der Waals surface area contributed by atoms with Gasteiger partial charge in [0.1, 0.15) is 5.78 Å². The molecule has 0 aromatic carbocycles. The minimum Gasteiger partial charge on any atom is -0.299 e. The van der Waals surface area contributed by atoms with Crippen LogP contribution < -0.4 is 0 Å². The Labute approximate surface area is 91.8 Å². The van der Waals surface area contributed by atoms with Crippen LogP contribution in [0.5, 0.6) is 0 Å². The van der Waals surface area contributed by atoms with Crippen LogP contribution in [0, 0.1) is 47.3 Å². The first-order chi connectivity index (χ1) is 6.64. The summed E-state index contributed by atoms with van der Waals surface area (Å²) in [5, 5.41) is 0. The molecule has 5 aliphatic carbocycles. The Morgan fingerprint density at radius 1 is 1.21 bits per heavy atom. The van der Waals surface area contributed by atoms with Crippen LogP contribution in [-0.4, -0.2) is 10.1 Å². The van der Waals surface area contributed by atoms with Crippen molar-refractivity contribution in [1.82, 2.24) is 0 Å². The predicted octanol–water partition coefficient (Wildman–Crippen LogP) is 2.10. The van der Waals surface area contributed by atoms with Crippen molar-refractivity contribution in [2.24, 2.45) is 47.3 Å². The number of Topliss-reactive ketones (excluding diaryl/α,β-unsaturated/α-hetero) is 1. The quantitative estimate of drug-likeness (QED) is 0.604. The largest absolute Gasteiger partial charge is 0.299 e. The van der Waals surface area contributed by atoms with Gasteiger partial charge in [-0.25, -0.2) is 0 Å². The lowest BCUT2D eigenvalue weighted by molar-refractivity contribution is -0.134. The van der Waals surface area contributed by atoms with Crippen molar-refractivity contribution in [3.63, 3.8) is 0 Å². The van der Waals surface area contributed by atoms with Gasteiger partial charge in [0.2, 0.25) is 0 Å². The van der Waals surface area contributed by atoms with Crippen molar-refractivity contribution in [1.29, 1.82) is 0 Å². The van der Waals surface area contributed by atoms with Crippen molar-refractivity contribution in [2.75, 3.05) is 0 Å². The fourth-order valence-corrected chi connectivity index (χ4v) is 7.76. The summed E-state index contributed by atoms with van der Waals surface area (Å²) in [7, 11) is 0. The average molecular weight is 253 g/mol. The number of alkyl halides is 1. The second-order valence-corrected chi connectivity index (χ2v) is 8.08. The van der Waals surface area contributed by atoms with E-state index in [0.717, 1.165) is 29.6 Å². The monoisotopic (exact) mass is 252 g/mol. The molecule has 0 saturated heterocycles. The van der Waals surface area contributed by atoms with E-state index in [1.54, 1.807) is 0 Å². The number of rotatable bonds is 0. The maximum atomic E-state index is 12.2. The van der Waals surface area contributed by atoms with Crippen molar-refractivity contribution in [3.8, 4) is 0 Å². The highest BCUT2D eigenvalue weighted by Crippen LogP contribution is 2.85. The Hall–Kier alpha value is 0.150. The van der Waals surface area contributed by atoms with Crippen LogP contribution in [0.15, 0.2) is 0 Å². The van der Waals surface area contributed by atoms with Crippen LogP contribution in [0.2, 0.25) is 0 Å². The highest BCUT2D eigenvalue weighted by atomic mass is 79.9. The molecule has 5 aliphatic rings. The molecule has 0 heterocycles. The molecule has 0 amide bonds. The summed E-state index contributed by atoms with van der Waals surface area (Å²) in [5.74, 6) is 6.61. The van der Waals surface area contributed by atoms with Crippen LogP contribution in [0.3, 0.4) is 0 Å². The maximum absolute atomic E-state index is 12.2. The zero-order valence-electron chi connectivity index (χ0n) is 8.11. The number of hydrogen-bond donors (Lipinski definition) is 0. The van der Waals surface area contributed by atoms with Crippen molar-refractivity contribution >= 4 is 21.7 Å². The standard InChI is InChI=1S/C12H13BrO/c1-12(13)9-4-2-3-5-6(4)10(12)8(5)11(14)7(3)9/h3-10H,2H2,1H3/t3-,4+,5-,6+,7-,8+,9+,10-,12-/m0/s1. The molecule has 5 fully saturated rings. The molecule has 0 aromatic rings. The Morgan fingerprint density at radius 3 is 2.79 bits per heavy atom. The number of ketones is 1. The Morgan fingerprint density at radius 2 is 2.00 bits per heavy atom. The molecule has 9 atom stereocenters. The second-order valence-electron chi connectivity index (χ2n) is 6.37. The molecule has 0 aromatic heterocycles. The van der Waals surface area contributed by atoms with Gasteiger partial charge in [0.15, 0.2) is 0 Å². The van der Waals surface area contributed by atoms with Gasteiger partial charge in [-0.05, 0) is 48.9 Å². The number of halogens is 1. The first-order valence-corrected chi connectivity index (χ1v) is 6.66. The van der Waals surface area contributed by atoms with Crippen molar-refractivity contribution in [3.05, 3.63) is 0 Å². The van der Waals surface area contributed by atoms with Crippen LogP contribution in [-0.2, 0) is 4.79 Å². The smallest absolute Gasteiger partial charge is 0.140 e. The summed E-state index contributed by atoms with van der Waals surface area (Å²) in [6, 6.07) is 0. The molecule has 2 bridgehead atoms. The van der Waals surface area contributed by atoms with Gasteiger partial charge in [-0.15, -0.1) is 0 Å². The minimum atomic E-state index is 0.327. The topological polar surface area (TPSA) is 17.1 Å². The van der Waals surface area contributed by atoms with Crippen molar-refractivity contribution < 1.29 is 4.79 Å². The lowest BCUT2D eigenvalue weighted by Gasteiger charge is -2.49. The predicted molar refractivity (Wildman–Crippen MR) is 54.9 cm³/mol. The minimum absolute atomic E-state index is 0.327. The molecule has 5 rings (SSSR count).